The molecule has 0 atom stereocenters. The molecule has 7 heteroatoms. The number of hydrogen-bond acceptors (Lipinski definition) is 4. The zero-order valence-corrected chi connectivity index (χ0v) is 17.3. The molecule has 0 bridgehead atoms. The average Bonchev–Trinajstić information content (AvgIpc) is 2.72. The van der Waals surface area contributed by atoms with E-state index in [0.717, 1.165) is 17.7 Å². The average molecular weight is 412 g/mol. The maximum absolute atomic E-state index is 12.0. The van der Waals surface area contributed by atoms with Crippen LogP contribution in [-0.2, 0) is 4.79 Å². The first-order chi connectivity index (χ1) is 14.0. The molecule has 0 saturated heterocycles. The molecule has 2 rings (SSSR count). The molecule has 0 aliphatic rings. The van der Waals surface area contributed by atoms with Gasteiger partial charge in [-0.3, -0.25) is 14.9 Å². The Morgan fingerprint density at radius 1 is 1.03 bits per heavy atom. The number of ether oxygens (including phenoxy) is 1. The largest absolute Gasteiger partial charge is 0.494 e. The molecule has 152 valence electrons. The van der Waals surface area contributed by atoms with E-state index in [2.05, 4.69) is 16.0 Å². The third-order valence-corrected chi connectivity index (χ3v) is 4.00. The molecule has 0 aliphatic heterocycles. The molecule has 3 N–H and O–H groups in total. The lowest BCUT2D eigenvalue weighted by Gasteiger charge is -2.09. The van der Waals surface area contributed by atoms with Crippen LogP contribution in [0.3, 0.4) is 0 Å². The summed E-state index contributed by atoms with van der Waals surface area (Å²) in [5, 5.41) is 8.50. The second-order valence-electron chi connectivity index (χ2n) is 6.11. The Kier molecular flexibility index (Phi) is 8.85. The van der Waals surface area contributed by atoms with Gasteiger partial charge in [0.05, 0.1) is 6.61 Å². The standard InChI is InChI=1S/C22H25N3O3S/c1-3-15-23-21(27)17-8-10-18(11-9-17)24-22(29)25-20(26)14-7-16-5-12-19(13-6-16)28-4-2/h5-14H,3-4,15H2,1-2H3,(H,23,27)(H2,24,25,26,29)/b14-7+. The van der Waals surface area contributed by atoms with Crippen molar-refractivity contribution in [1.82, 2.24) is 10.6 Å². The van der Waals surface area contributed by atoms with Crippen LogP contribution in [-0.4, -0.2) is 30.1 Å². The Labute approximate surface area is 176 Å². The maximum Gasteiger partial charge on any atom is 0.251 e. The fourth-order valence-electron chi connectivity index (χ4n) is 2.38. The number of hydrogen-bond donors (Lipinski definition) is 3. The predicted octanol–water partition coefficient (Wildman–Crippen LogP) is 3.75. The molecular weight excluding hydrogens is 386 g/mol. The van der Waals surface area contributed by atoms with Gasteiger partial charge in [0, 0.05) is 23.9 Å². The number of amides is 2. The van der Waals surface area contributed by atoms with E-state index in [4.69, 9.17) is 17.0 Å². The van der Waals surface area contributed by atoms with E-state index in [0.29, 0.717) is 24.4 Å². The Hall–Kier alpha value is -3.19. The molecular formula is C22H25N3O3S. The lowest BCUT2D eigenvalue weighted by Crippen LogP contribution is -2.32. The summed E-state index contributed by atoms with van der Waals surface area (Å²) in [6, 6.07) is 14.3. The smallest absolute Gasteiger partial charge is 0.251 e. The van der Waals surface area contributed by atoms with Crippen molar-refractivity contribution in [2.24, 2.45) is 0 Å². The maximum atomic E-state index is 12.0. The summed E-state index contributed by atoms with van der Waals surface area (Å²) >= 11 is 5.16. The summed E-state index contributed by atoms with van der Waals surface area (Å²) in [4.78, 5) is 23.9. The topological polar surface area (TPSA) is 79.5 Å². The summed E-state index contributed by atoms with van der Waals surface area (Å²) in [5.74, 6) is 0.328. The van der Waals surface area contributed by atoms with Crippen LogP contribution in [0.4, 0.5) is 5.69 Å². The van der Waals surface area contributed by atoms with Gasteiger partial charge in [-0.2, -0.15) is 0 Å². The number of benzene rings is 2. The number of carbonyl (C=O) groups is 2. The van der Waals surface area contributed by atoms with Crippen LogP contribution < -0.4 is 20.7 Å². The highest BCUT2D eigenvalue weighted by Crippen LogP contribution is 2.13. The van der Waals surface area contributed by atoms with Crippen LogP contribution in [0.2, 0.25) is 0 Å². The SMILES string of the molecule is CCCNC(=O)c1ccc(NC(=S)NC(=O)/C=C/c2ccc(OCC)cc2)cc1. The molecule has 2 aromatic rings. The molecule has 2 amide bonds. The van der Waals surface area contributed by atoms with E-state index in [1.165, 1.54) is 6.08 Å². The molecule has 0 spiro atoms. The molecule has 29 heavy (non-hydrogen) atoms. The van der Waals surface area contributed by atoms with E-state index in [1.54, 1.807) is 30.3 Å². The highest BCUT2D eigenvalue weighted by atomic mass is 32.1. The first-order valence-electron chi connectivity index (χ1n) is 9.43. The van der Waals surface area contributed by atoms with E-state index in [-0.39, 0.29) is 16.9 Å². The number of nitrogens with one attached hydrogen (secondary N) is 3. The van der Waals surface area contributed by atoms with Crippen LogP contribution in [0, 0.1) is 0 Å². The van der Waals surface area contributed by atoms with Gasteiger partial charge < -0.3 is 15.4 Å². The summed E-state index contributed by atoms with van der Waals surface area (Å²) in [6.45, 7) is 5.17. The van der Waals surface area contributed by atoms with Crippen molar-refractivity contribution in [1.29, 1.82) is 0 Å². The summed E-state index contributed by atoms with van der Waals surface area (Å²) in [7, 11) is 0. The van der Waals surface area contributed by atoms with Gasteiger partial charge in [-0.15, -0.1) is 0 Å². The van der Waals surface area contributed by atoms with Crippen LogP contribution >= 0.6 is 12.2 Å². The van der Waals surface area contributed by atoms with E-state index >= 15 is 0 Å². The molecule has 0 saturated carbocycles. The molecule has 0 unspecified atom stereocenters. The molecule has 0 aromatic heterocycles. The number of anilines is 1. The molecule has 0 aliphatic carbocycles. The van der Waals surface area contributed by atoms with Crippen LogP contribution in [0.15, 0.2) is 54.6 Å². The second-order valence-corrected chi connectivity index (χ2v) is 6.52. The molecule has 0 radical (unpaired) electrons. The first-order valence-corrected chi connectivity index (χ1v) is 9.83. The van der Waals surface area contributed by atoms with Gasteiger partial charge in [0.25, 0.3) is 5.91 Å². The highest BCUT2D eigenvalue weighted by molar-refractivity contribution is 7.80. The molecule has 0 fully saturated rings. The highest BCUT2D eigenvalue weighted by Gasteiger charge is 2.06. The third-order valence-electron chi connectivity index (χ3n) is 3.80. The van der Waals surface area contributed by atoms with Gasteiger partial charge in [0.2, 0.25) is 5.91 Å². The monoisotopic (exact) mass is 411 g/mol. The summed E-state index contributed by atoms with van der Waals surface area (Å²) in [5.41, 5.74) is 2.12. The van der Waals surface area contributed by atoms with Gasteiger partial charge >= 0.3 is 0 Å². The normalized spacial score (nSPS) is 10.4. The minimum absolute atomic E-state index is 0.117. The summed E-state index contributed by atoms with van der Waals surface area (Å²) < 4.78 is 5.38. The number of rotatable bonds is 8. The lowest BCUT2D eigenvalue weighted by molar-refractivity contribution is -0.115. The van der Waals surface area contributed by atoms with Crippen molar-refractivity contribution in [3.8, 4) is 5.75 Å². The predicted molar refractivity (Wildman–Crippen MR) is 120 cm³/mol. The van der Waals surface area contributed by atoms with Gasteiger partial charge in [-0.25, -0.2) is 0 Å². The van der Waals surface area contributed by atoms with Crippen LogP contribution in [0.5, 0.6) is 5.75 Å². The second kappa shape index (κ2) is 11.6. The molecule has 2 aromatic carbocycles. The number of carbonyl (C=O) groups excluding carboxylic acids is 2. The molecule has 6 nitrogen and oxygen atoms in total. The van der Waals surface area contributed by atoms with Gasteiger partial charge in [-0.05, 0) is 73.6 Å². The van der Waals surface area contributed by atoms with Crippen LogP contribution in [0.1, 0.15) is 36.2 Å². The fourth-order valence-corrected chi connectivity index (χ4v) is 2.59. The van der Waals surface area contributed by atoms with Gasteiger partial charge in [-0.1, -0.05) is 19.1 Å². The van der Waals surface area contributed by atoms with Crippen molar-refractivity contribution < 1.29 is 14.3 Å². The van der Waals surface area contributed by atoms with Crippen molar-refractivity contribution in [2.75, 3.05) is 18.5 Å². The third kappa shape index (κ3) is 7.75. The van der Waals surface area contributed by atoms with Gasteiger partial charge in [0.1, 0.15) is 5.75 Å². The lowest BCUT2D eigenvalue weighted by atomic mass is 10.2. The van der Waals surface area contributed by atoms with Crippen LogP contribution in [0.25, 0.3) is 6.08 Å². The van der Waals surface area contributed by atoms with Crippen molar-refractivity contribution >= 4 is 40.9 Å². The minimum atomic E-state index is -0.341. The summed E-state index contributed by atoms with van der Waals surface area (Å²) in [6.07, 6.45) is 3.98. The molecule has 0 heterocycles. The zero-order chi connectivity index (χ0) is 21.1. The quantitative estimate of drug-likeness (QED) is 0.455. The fraction of sp³-hybridized carbons (Fsp3) is 0.227. The van der Waals surface area contributed by atoms with Gasteiger partial charge in [0.15, 0.2) is 5.11 Å². The Morgan fingerprint density at radius 3 is 2.34 bits per heavy atom. The van der Waals surface area contributed by atoms with Crippen molar-refractivity contribution in [3.05, 3.63) is 65.7 Å². The van der Waals surface area contributed by atoms with E-state index in [9.17, 15) is 9.59 Å². The Balaban J connectivity index is 1.83. The minimum Gasteiger partial charge on any atom is -0.494 e. The Morgan fingerprint density at radius 2 is 1.72 bits per heavy atom. The first kappa shape index (κ1) is 22.1. The Bertz CT molecular complexity index is 862. The van der Waals surface area contributed by atoms with E-state index < -0.39 is 0 Å². The van der Waals surface area contributed by atoms with Crippen molar-refractivity contribution in [3.63, 3.8) is 0 Å². The van der Waals surface area contributed by atoms with E-state index in [1.807, 2.05) is 38.1 Å². The number of thiocarbonyl (C=S) groups is 1. The van der Waals surface area contributed by atoms with Crippen molar-refractivity contribution in [2.45, 2.75) is 20.3 Å². The zero-order valence-electron chi connectivity index (χ0n) is 16.5.